The van der Waals surface area contributed by atoms with Crippen molar-refractivity contribution in [3.63, 3.8) is 0 Å². The monoisotopic (exact) mass is 315 g/mol. The smallest absolute Gasteiger partial charge is 0.264 e. The highest BCUT2D eigenvalue weighted by Crippen LogP contribution is 2.35. The average molecular weight is 315 g/mol. The lowest BCUT2D eigenvalue weighted by molar-refractivity contribution is 0.0946. The molecule has 0 bridgehead atoms. The summed E-state index contributed by atoms with van der Waals surface area (Å²) in [6.45, 7) is 2.58. The molecule has 0 saturated heterocycles. The fraction of sp³-hybridized carbons (Fsp3) is 0.471. The Morgan fingerprint density at radius 2 is 1.95 bits per heavy atom. The van der Waals surface area contributed by atoms with E-state index in [0.29, 0.717) is 16.7 Å². The van der Waals surface area contributed by atoms with Crippen LogP contribution in [0.5, 0.6) is 0 Å². The summed E-state index contributed by atoms with van der Waals surface area (Å²) >= 11 is 1.17. The zero-order chi connectivity index (χ0) is 15.4. The Bertz CT molecular complexity index is 618. The highest BCUT2D eigenvalue weighted by atomic mass is 32.1. The van der Waals surface area contributed by atoms with Crippen molar-refractivity contribution in [2.24, 2.45) is 5.92 Å². The second kappa shape index (κ2) is 7.01. The maximum atomic E-state index is 12.1. The van der Waals surface area contributed by atoms with Crippen LogP contribution in [0.1, 0.15) is 52.5 Å². The van der Waals surface area contributed by atoms with Crippen molar-refractivity contribution in [3.05, 3.63) is 46.5 Å². The Morgan fingerprint density at radius 1 is 1.23 bits per heavy atom. The van der Waals surface area contributed by atoms with Crippen LogP contribution in [0.2, 0.25) is 0 Å². The van der Waals surface area contributed by atoms with E-state index >= 15 is 0 Å². The van der Waals surface area contributed by atoms with Crippen LogP contribution in [0.15, 0.2) is 30.3 Å². The van der Waals surface area contributed by atoms with Gasteiger partial charge in [-0.15, -0.1) is 5.10 Å². The summed E-state index contributed by atoms with van der Waals surface area (Å²) in [7, 11) is 0. The molecule has 1 aromatic carbocycles. The van der Waals surface area contributed by atoms with E-state index in [0.717, 1.165) is 12.2 Å². The average Bonchev–Trinajstić information content (AvgIpc) is 3.00. The molecule has 1 aromatic heterocycles. The van der Waals surface area contributed by atoms with Gasteiger partial charge in [0.05, 0.1) is 5.69 Å². The molecule has 1 fully saturated rings. The van der Waals surface area contributed by atoms with E-state index in [1.54, 1.807) is 0 Å². The second-order valence-corrected chi connectivity index (χ2v) is 6.78. The van der Waals surface area contributed by atoms with E-state index in [1.807, 2.05) is 6.92 Å². The Hall–Kier alpha value is -1.75. The van der Waals surface area contributed by atoms with Gasteiger partial charge in [0, 0.05) is 6.54 Å². The lowest BCUT2D eigenvalue weighted by Gasteiger charge is -2.28. The number of nitrogens with one attached hydrogen (secondary N) is 1. The summed E-state index contributed by atoms with van der Waals surface area (Å²) < 4.78 is 3.81. The highest BCUT2D eigenvalue weighted by Gasteiger charge is 2.23. The molecule has 1 saturated carbocycles. The minimum atomic E-state index is -0.0299. The van der Waals surface area contributed by atoms with Gasteiger partial charge in [0.25, 0.3) is 5.91 Å². The van der Waals surface area contributed by atoms with E-state index < -0.39 is 0 Å². The van der Waals surface area contributed by atoms with Crippen LogP contribution in [-0.4, -0.2) is 22.0 Å². The molecule has 0 spiro atoms. The normalized spacial score (nSPS) is 21.5. The van der Waals surface area contributed by atoms with E-state index in [2.05, 4.69) is 45.2 Å². The van der Waals surface area contributed by atoms with Crippen LogP contribution in [-0.2, 0) is 0 Å². The number of aromatic nitrogens is 2. The first-order chi connectivity index (χ1) is 10.7. The van der Waals surface area contributed by atoms with Crippen LogP contribution in [0.25, 0.3) is 0 Å². The lowest BCUT2D eigenvalue weighted by atomic mass is 9.79. The standard InChI is InChI=1S/C17H21N3OS/c1-12-16(22-20-19-12)17(21)18-11-13-7-9-15(10-8-13)14-5-3-2-4-6-14/h2-6,13,15H,7-11H2,1H3,(H,18,21). The molecule has 1 aliphatic rings. The number of rotatable bonds is 4. The van der Waals surface area contributed by atoms with Crippen LogP contribution >= 0.6 is 11.5 Å². The first-order valence-corrected chi connectivity index (χ1v) is 8.63. The molecule has 5 heteroatoms. The Kier molecular flexibility index (Phi) is 4.83. The largest absolute Gasteiger partial charge is 0.351 e. The predicted octanol–water partition coefficient (Wildman–Crippen LogP) is 3.55. The van der Waals surface area contributed by atoms with Gasteiger partial charge in [-0.05, 0) is 61.5 Å². The van der Waals surface area contributed by atoms with Gasteiger partial charge in [0.2, 0.25) is 0 Å². The molecule has 0 aliphatic heterocycles. The summed E-state index contributed by atoms with van der Waals surface area (Å²) in [5, 5.41) is 6.93. The fourth-order valence-electron chi connectivity index (χ4n) is 3.18. The lowest BCUT2D eigenvalue weighted by Crippen LogP contribution is -2.31. The van der Waals surface area contributed by atoms with Crippen molar-refractivity contribution >= 4 is 17.4 Å². The third kappa shape index (κ3) is 3.53. The molecule has 0 atom stereocenters. The number of carbonyl (C=O) groups is 1. The number of nitrogens with zero attached hydrogens (tertiary/aromatic N) is 2. The zero-order valence-electron chi connectivity index (χ0n) is 12.8. The van der Waals surface area contributed by atoms with Crippen molar-refractivity contribution in [1.82, 2.24) is 14.9 Å². The summed E-state index contributed by atoms with van der Waals surface area (Å²) in [6.07, 6.45) is 4.79. The number of carbonyl (C=O) groups excluding carboxylic acids is 1. The van der Waals surface area contributed by atoms with Crippen LogP contribution in [0.4, 0.5) is 0 Å². The van der Waals surface area contributed by atoms with Gasteiger partial charge in [0.15, 0.2) is 0 Å². The van der Waals surface area contributed by atoms with Crippen molar-refractivity contribution in [2.75, 3.05) is 6.54 Å². The van der Waals surface area contributed by atoms with Crippen LogP contribution in [0, 0.1) is 12.8 Å². The first-order valence-electron chi connectivity index (χ1n) is 7.86. The molecular formula is C17H21N3OS. The topological polar surface area (TPSA) is 54.9 Å². The summed E-state index contributed by atoms with van der Waals surface area (Å²) in [4.78, 5) is 12.7. The molecule has 2 aromatic rings. The molecule has 1 aliphatic carbocycles. The highest BCUT2D eigenvalue weighted by molar-refractivity contribution is 7.07. The molecule has 22 heavy (non-hydrogen) atoms. The fourth-order valence-corrected chi connectivity index (χ4v) is 3.76. The maximum absolute atomic E-state index is 12.1. The van der Waals surface area contributed by atoms with E-state index in [1.165, 1.54) is 42.8 Å². The third-order valence-electron chi connectivity index (χ3n) is 4.53. The van der Waals surface area contributed by atoms with Crippen molar-refractivity contribution in [2.45, 2.75) is 38.5 Å². The molecule has 1 amide bonds. The summed E-state index contributed by atoms with van der Waals surface area (Å²) in [5.74, 6) is 1.24. The predicted molar refractivity (Wildman–Crippen MR) is 88.1 cm³/mol. The van der Waals surface area contributed by atoms with Gasteiger partial charge < -0.3 is 5.32 Å². The molecule has 0 radical (unpaired) electrons. The summed E-state index contributed by atoms with van der Waals surface area (Å²) in [6, 6.07) is 10.8. The van der Waals surface area contributed by atoms with E-state index in [-0.39, 0.29) is 5.91 Å². The first kappa shape index (κ1) is 15.2. The molecular weight excluding hydrogens is 294 g/mol. The minimum Gasteiger partial charge on any atom is -0.351 e. The molecule has 3 rings (SSSR count). The van der Waals surface area contributed by atoms with Gasteiger partial charge in [-0.2, -0.15) is 0 Å². The van der Waals surface area contributed by atoms with Gasteiger partial charge >= 0.3 is 0 Å². The second-order valence-electron chi connectivity index (χ2n) is 6.03. The maximum Gasteiger partial charge on any atom is 0.264 e. The number of hydrogen-bond donors (Lipinski definition) is 1. The number of amides is 1. The third-order valence-corrected chi connectivity index (χ3v) is 5.35. The van der Waals surface area contributed by atoms with Crippen molar-refractivity contribution < 1.29 is 4.79 Å². The van der Waals surface area contributed by atoms with Crippen LogP contribution < -0.4 is 5.32 Å². The van der Waals surface area contributed by atoms with Gasteiger partial charge in [-0.25, -0.2) is 0 Å². The minimum absolute atomic E-state index is 0.0299. The Labute approximate surface area is 135 Å². The van der Waals surface area contributed by atoms with E-state index in [9.17, 15) is 4.79 Å². The van der Waals surface area contributed by atoms with Crippen LogP contribution in [0.3, 0.4) is 0 Å². The van der Waals surface area contributed by atoms with Crippen molar-refractivity contribution in [3.8, 4) is 0 Å². The molecule has 116 valence electrons. The number of benzene rings is 1. The number of aryl methyl sites for hydroxylation is 1. The SMILES string of the molecule is Cc1nnsc1C(=O)NCC1CCC(c2ccccc2)CC1. The Morgan fingerprint density at radius 3 is 2.59 bits per heavy atom. The summed E-state index contributed by atoms with van der Waals surface area (Å²) in [5.41, 5.74) is 2.17. The van der Waals surface area contributed by atoms with Gasteiger partial charge in [-0.1, -0.05) is 34.8 Å². The number of hydrogen-bond acceptors (Lipinski definition) is 4. The molecule has 4 nitrogen and oxygen atoms in total. The van der Waals surface area contributed by atoms with E-state index in [4.69, 9.17) is 0 Å². The molecule has 1 N–H and O–H groups in total. The molecule has 0 unspecified atom stereocenters. The van der Waals surface area contributed by atoms with Crippen molar-refractivity contribution in [1.29, 1.82) is 0 Å². The quantitative estimate of drug-likeness (QED) is 0.938. The zero-order valence-corrected chi connectivity index (χ0v) is 13.6. The van der Waals surface area contributed by atoms with Gasteiger partial charge in [0.1, 0.15) is 4.88 Å². The molecule has 1 heterocycles. The van der Waals surface area contributed by atoms with Gasteiger partial charge in [-0.3, -0.25) is 4.79 Å². The Balaban J connectivity index is 1.46.